The third-order valence-corrected chi connectivity index (χ3v) is 8.05. The van der Waals surface area contributed by atoms with Crippen LogP contribution in [0.15, 0.2) is 24.3 Å². The molecule has 4 amide bonds. The molecular formula is C27H41N5O3. The van der Waals surface area contributed by atoms with Crippen molar-refractivity contribution < 1.29 is 14.4 Å². The van der Waals surface area contributed by atoms with Crippen molar-refractivity contribution in [3.63, 3.8) is 0 Å². The van der Waals surface area contributed by atoms with Gasteiger partial charge in [0.2, 0.25) is 5.91 Å². The summed E-state index contributed by atoms with van der Waals surface area (Å²) in [6, 6.07) is 8.25. The maximum atomic E-state index is 13.0. The normalized spacial score (nSPS) is 25.3. The van der Waals surface area contributed by atoms with E-state index in [0.29, 0.717) is 25.3 Å². The molecule has 0 radical (unpaired) electrons. The molecule has 3 aliphatic rings. The number of anilines is 1. The van der Waals surface area contributed by atoms with E-state index in [0.717, 1.165) is 69.7 Å². The number of benzene rings is 1. The van der Waals surface area contributed by atoms with Crippen molar-refractivity contribution in [1.29, 1.82) is 0 Å². The van der Waals surface area contributed by atoms with Gasteiger partial charge in [0.1, 0.15) is 12.1 Å². The Balaban J connectivity index is 1.11. The fourth-order valence-electron chi connectivity index (χ4n) is 5.68. The molecule has 1 aromatic carbocycles. The number of unbranched alkanes of at least 4 members (excludes halogenated alkanes) is 1. The van der Waals surface area contributed by atoms with Gasteiger partial charge in [0.25, 0.3) is 5.91 Å². The van der Waals surface area contributed by atoms with Crippen LogP contribution in [0.1, 0.15) is 57.4 Å². The topological polar surface area (TPSA) is 85.0 Å². The maximum absolute atomic E-state index is 13.0. The zero-order valence-electron chi connectivity index (χ0n) is 21.4. The SMILES string of the molecule is CCC1CCC2(CC1)NC(=O)N(CC(=O)NCCCCN1CCN(c3cccc(C)c3)CC1)C2=O. The van der Waals surface area contributed by atoms with Gasteiger partial charge in [-0.25, -0.2) is 4.79 Å². The van der Waals surface area contributed by atoms with Crippen molar-refractivity contribution in [3.8, 4) is 0 Å². The Hall–Kier alpha value is -2.61. The number of piperazine rings is 1. The van der Waals surface area contributed by atoms with Crippen molar-refractivity contribution in [3.05, 3.63) is 29.8 Å². The maximum Gasteiger partial charge on any atom is 0.325 e. The largest absolute Gasteiger partial charge is 0.369 e. The van der Waals surface area contributed by atoms with Gasteiger partial charge in [-0.1, -0.05) is 25.5 Å². The zero-order valence-corrected chi connectivity index (χ0v) is 21.4. The summed E-state index contributed by atoms with van der Waals surface area (Å²) in [5.41, 5.74) is 1.81. The molecule has 4 rings (SSSR count). The van der Waals surface area contributed by atoms with E-state index >= 15 is 0 Å². The molecule has 1 aromatic rings. The molecule has 0 aromatic heterocycles. The number of hydrogen-bond acceptors (Lipinski definition) is 5. The highest BCUT2D eigenvalue weighted by Crippen LogP contribution is 2.37. The van der Waals surface area contributed by atoms with Crippen LogP contribution in [-0.4, -0.2) is 79.0 Å². The molecule has 2 heterocycles. The first-order chi connectivity index (χ1) is 16.9. The fourth-order valence-corrected chi connectivity index (χ4v) is 5.68. The molecule has 35 heavy (non-hydrogen) atoms. The Kier molecular flexibility index (Phi) is 8.31. The van der Waals surface area contributed by atoms with Gasteiger partial charge in [0.05, 0.1) is 0 Å². The summed E-state index contributed by atoms with van der Waals surface area (Å²) in [5, 5.41) is 5.79. The summed E-state index contributed by atoms with van der Waals surface area (Å²) in [6.07, 6.45) is 6.24. The minimum absolute atomic E-state index is 0.190. The minimum Gasteiger partial charge on any atom is -0.369 e. The standard InChI is InChI=1S/C27H41N5O3/c1-3-22-9-11-27(12-10-22)25(34)32(26(35)29-27)20-24(33)28-13-4-5-14-30-15-17-31(18-16-30)23-8-6-7-21(2)19-23/h6-8,19,22H,3-5,9-18,20H2,1-2H3,(H,28,33)(H,29,35). The summed E-state index contributed by atoms with van der Waals surface area (Å²) in [5.74, 6) is 0.135. The summed E-state index contributed by atoms with van der Waals surface area (Å²) in [7, 11) is 0. The first-order valence-corrected chi connectivity index (χ1v) is 13.3. The molecule has 8 heteroatoms. The summed E-state index contributed by atoms with van der Waals surface area (Å²) < 4.78 is 0. The average Bonchev–Trinajstić information content (AvgIpc) is 3.08. The van der Waals surface area contributed by atoms with Crippen LogP contribution in [0, 0.1) is 12.8 Å². The number of urea groups is 1. The van der Waals surface area contributed by atoms with Crippen LogP contribution in [0.3, 0.4) is 0 Å². The number of amides is 4. The highest BCUT2D eigenvalue weighted by atomic mass is 16.2. The number of imide groups is 1. The Morgan fingerprint density at radius 3 is 2.54 bits per heavy atom. The van der Waals surface area contributed by atoms with Gasteiger partial charge in [-0.3, -0.25) is 19.4 Å². The smallest absolute Gasteiger partial charge is 0.325 e. The van der Waals surface area contributed by atoms with Gasteiger partial charge in [0.15, 0.2) is 0 Å². The van der Waals surface area contributed by atoms with Gasteiger partial charge in [-0.15, -0.1) is 0 Å². The van der Waals surface area contributed by atoms with E-state index in [9.17, 15) is 14.4 Å². The van der Waals surface area contributed by atoms with Crippen molar-refractivity contribution in [2.75, 3.05) is 50.7 Å². The number of aryl methyl sites for hydroxylation is 1. The van der Waals surface area contributed by atoms with E-state index in [1.54, 1.807) is 0 Å². The van der Waals surface area contributed by atoms with Crippen molar-refractivity contribution >= 4 is 23.5 Å². The number of hydrogen-bond donors (Lipinski definition) is 2. The van der Waals surface area contributed by atoms with Crippen LogP contribution >= 0.6 is 0 Å². The molecule has 1 spiro atoms. The van der Waals surface area contributed by atoms with Gasteiger partial charge in [-0.05, 0) is 75.6 Å². The number of carbonyl (C=O) groups excluding carboxylic acids is 3. The Morgan fingerprint density at radius 2 is 1.86 bits per heavy atom. The van der Waals surface area contributed by atoms with E-state index in [1.807, 2.05) is 0 Å². The molecule has 0 bridgehead atoms. The van der Waals surface area contributed by atoms with Crippen LogP contribution in [0.5, 0.6) is 0 Å². The minimum atomic E-state index is -0.785. The molecule has 1 saturated carbocycles. The monoisotopic (exact) mass is 483 g/mol. The fraction of sp³-hybridized carbons (Fsp3) is 0.667. The van der Waals surface area contributed by atoms with Crippen LogP contribution in [0.2, 0.25) is 0 Å². The van der Waals surface area contributed by atoms with Crippen molar-refractivity contribution in [2.45, 2.75) is 64.3 Å². The lowest BCUT2D eigenvalue weighted by Gasteiger charge is -2.36. The van der Waals surface area contributed by atoms with E-state index in [-0.39, 0.29) is 18.4 Å². The second-order valence-electron chi connectivity index (χ2n) is 10.5. The summed E-state index contributed by atoms with van der Waals surface area (Å²) >= 11 is 0. The molecule has 2 saturated heterocycles. The number of rotatable bonds is 9. The molecule has 0 unspecified atom stereocenters. The molecule has 192 valence electrons. The predicted octanol–water partition coefficient (Wildman–Crippen LogP) is 2.90. The number of carbonyl (C=O) groups is 3. The Morgan fingerprint density at radius 1 is 1.11 bits per heavy atom. The van der Waals surface area contributed by atoms with E-state index < -0.39 is 11.6 Å². The molecule has 3 fully saturated rings. The van der Waals surface area contributed by atoms with Crippen LogP contribution in [0.25, 0.3) is 0 Å². The Labute approximate surface area is 209 Å². The van der Waals surface area contributed by atoms with Crippen molar-refractivity contribution in [2.24, 2.45) is 5.92 Å². The summed E-state index contributed by atoms with van der Waals surface area (Å²) in [6.45, 7) is 9.86. The van der Waals surface area contributed by atoms with Gasteiger partial charge in [-0.2, -0.15) is 0 Å². The lowest BCUT2D eigenvalue weighted by atomic mass is 9.75. The molecule has 2 N–H and O–H groups in total. The Bertz CT molecular complexity index is 904. The van der Waals surface area contributed by atoms with E-state index in [2.05, 4.69) is 58.5 Å². The molecule has 8 nitrogen and oxygen atoms in total. The zero-order chi connectivity index (χ0) is 24.8. The van der Waals surface area contributed by atoms with E-state index in [1.165, 1.54) is 11.3 Å². The van der Waals surface area contributed by atoms with Gasteiger partial charge < -0.3 is 15.5 Å². The molecular weight excluding hydrogens is 442 g/mol. The molecule has 0 atom stereocenters. The highest BCUT2D eigenvalue weighted by molar-refractivity contribution is 6.09. The quantitative estimate of drug-likeness (QED) is 0.417. The van der Waals surface area contributed by atoms with Gasteiger partial charge >= 0.3 is 6.03 Å². The lowest BCUT2D eigenvalue weighted by molar-refractivity contribution is -0.136. The average molecular weight is 484 g/mol. The van der Waals surface area contributed by atoms with E-state index in [4.69, 9.17) is 0 Å². The summed E-state index contributed by atoms with van der Waals surface area (Å²) in [4.78, 5) is 43.8. The first kappa shape index (κ1) is 25.5. The van der Waals surface area contributed by atoms with Crippen LogP contribution in [-0.2, 0) is 9.59 Å². The lowest BCUT2D eigenvalue weighted by Crippen LogP contribution is -2.50. The highest BCUT2D eigenvalue weighted by Gasteiger charge is 2.52. The third-order valence-electron chi connectivity index (χ3n) is 8.05. The number of nitrogens with zero attached hydrogens (tertiary/aromatic N) is 3. The predicted molar refractivity (Wildman–Crippen MR) is 137 cm³/mol. The molecule has 2 aliphatic heterocycles. The number of nitrogens with one attached hydrogen (secondary N) is 2. The molecule has 1 aliphatic carbocycles. The second-order valence-corrected chi connectivity index (χ2v) is 10.5. The van der Waals surface area contributed by atoms with Gasteiger partial charge in [0, 0.05) is 38.4 Å². The second kappa shape index (κ2) is 11.4. The first-order valence-electron chi connectivity index (χ1n) is 13.3. The third kappa shape index (κ3) is 6.15. The van der Waals surface area contributed by atoms with Crippen LogP contribution in [0.4, 0.5) is 10.5 Å². The van der Waals surface area contributed by atoms with Crippen LogP contribution < -0.4 is 15.5 Å². The van der Waals surface area contributed by atoms with Crippen molar-refractivity contribution in [1.82, 2.24) is 20.4 Å².